The fourth-order valence-electron chi connectivity index (χ4n) is 4.30. The van der Waals surface area contributed by atoms with Crippen molar-refractivity contribution in [3.63, 3.8) is 0 Å². The van der Waals surface area contributed by atoms with E-state index in [1.54, 1.807) is 0 Å². The molecule has 1 spiro atoms. The third kappa shape index (κ3) is 3.23. The lowest BCUT2D eigenvalue weighted by Crippen LogP contribution is -2.73. The summed E-state index contributed by atoms with van der Waals surface area (Å²) in [7, 11) is 0. The zero-order chi connectivity index (χ0) is 20.9. The van der Waals surface area contributed by atoms with Crippen LogP contribution in [0.2, 0.25) is 0 Å². The number of carbonyl (C=O) groups is 2. The van der Waals surface area contributed by atoms with Crippen molar-refractivity contribution in [1.82, 2.24) is 20.0 Å². The SMILES string of the molecule is CC(C)c1cc(C(=O)N2CC3(C2)CN(C(=O)c2cc(-c4ccccc4)cs2)C3)n[nH]1. The van der Waals surface area contributed by atoms with Crippen molar-refractivity contribution in [3.8, 4) is 11.1 Å². The van der Waals surface area contributed by atoms with E-state index >= 15 is 0 Å². The summed E-state index contributed by atoms with van der Waals surface area (Å²) >= 11 is 1.50. The lowest BCUT2D eigenvalue weighted by atomic mass is 9.72. The van der Waals surface area contributed by atoms with E-state index in [1.165, 1.54) is 11.3 Å². The Labute approximate surface area is 179 Å². The number of thiophene rings is 1. The van der Waals surface area contributed by atoms with Gasteiger partial charge in [-0.2, -0.15) is 5.10 Å². The summed E-state index contributed by atoms with van der Waals surface area (Å²) in [6, 6.07) is 13.9. The number of amides is 2. The summed E-state index contributed by atoms with van der Waals surface area (Å²) in [5.74, 6) is 0.374. The molecule has 1 N–H and O–H groups in total. The zero-order valence-electron chi connectivity index (χ0n) is 17.1. The predicted molar refractivity (Wildman–Crippen MR) is 117 cm³/mol. The first-order valence-electron chi connectivity index (χ1n) is 10.2. The first-order valence-corrected chi connectivity index (χ1v) is 11.1. The number of nitrogens with one attached hydrogen (secondary N) is 1. The Morgan fingerprint density at radius 1 is 1.00 bits per heavy atom. The third-order valence-electron chi connectivity index (χ3n) is 6.04. The van der Waals surface area contributed by atoms with Gasteiger partial charge in [0.2, 0.25) is 0 Å². The summed E-state index contributed by atoms with van der Waals surface area (Å²) in [5.41, 5.74) is 3.72. The molecule has 7 heteroatoms. The van der Waals surface area contributed by atoms with Gasteiger partial charge in [0.1, 0.15) is 5.69 Å². The number of aromatic nitrogens is 2. The fourth-order valence-corrected chi connectivity index (χ4v) is 5.19. The number of rotatable bonds is 4. The molecule has 2 fully saturated rings. The highest BCUT2D eigenvalue weighted by Crippen LogP contribution is 2.41. The molecule has 0 bridgehead atoms. The summed E-state index contributed by atoms with van der Waals surface area (Å²) in [4.78, 5) is 30.0. The molecular weight excluding hydrogens is 396 g/mol. The minimum absolute atomic E-state index is 0.0284. The van der Waals surface area contributed by atoms with Crippen LogP contribution in [-0.4, -0.2) is 58.0 Å². The van der Waals surface area contributed by atoms with Crippen molar-refractivity contribution in [3.05, 3.63) is 64.1 Å². The van der Waals surface area contributed by atoms with E-state index in [-0.39, 0.29) is 17.2 Å². The number of aromatic amines is 1. The van der Waals surface area contributed by atoms with Crippen LogP contribution in [0.3, 0.4) is 0 Å². The van der Waals surface area contributed by atoms with Gasteiger partial charge in [0.25, 0.3) is 11.8 Å². The van der Waals surface area contributed by atoms with E-state index in [4.69, 9.17) is 0 Å². The second-order valence-corrected chi connectivity index (χ2v) is 9.66. The molecule has 0 radical (unpaired) electrons. The number of nitrogens with zero attached hydrogens (tertiary/aromatic N) is 3. The number of carbonyl (C=O) groups excluding carboxylic acids is 2. The first kappa shape index (κ1) is 19.1. The van der Waals surface area contributed by atoms with Gasteiger partial charge in [0, 0.05) is 37.3 Å². The maximum atomic E-state index is 12.8. The maximum absolute atomic E-state index is 12.8. The van der Waals surface area contributed by atoms with Gasteiger partial charge in [-0.3, -0.25) is 14.7 Å². The fraction of sp³-hybridized carbons (Fsp3) is 0.348. The minimum atomic E-state index is -0.0284. The quantitative estimate of drug-likeness (QED) is 0.697. The van der Waals surface area contributed by atoms with Crippen molar-refractivity contribution >= 4 is 23.2 Å². The maximum Gasteiger partial charge on any atom is 0.274 e. The Morgan fingerprint density at radius 2 is 1.67 bits per heavy atom. The van der Waals surface area contributed by atoms with Gasteiger partial charge in [-0.15, -0.1) is 11.3 Å². The van der Waals surface area contributed by atoms with Crippen LogP contribution >= 0.6 is 11.3 Å². The van der Waals surface area contributed by atoms with Gasteiger partial charge in [0.05, 0.1) is 4.88 Å². The lowest BCUT2D eigenvalue weighted by Gasteiger charge is -2.59. The highest BCUT2D eigenvalue weighted by molar-refractivity contribution is 7.12. The number of likely N-dealkylation sites (tertiary alicyclic amines) is 2. The van der Waals surface area contributed by atoms with Crippen LogP contribution in [0.25, 0.3) is 11.1 Å². The molecule has 0 unspecified atom stereocenters. The Hall–Kier alpha value is -2.93. The molecule has 154 valence electrons. The van der Waals surface area contributed by atoms with Crippen LogP contribution in [-0.2, 0) is 0 Å². The van der Waals surface area contributed by atoms with Crippen LogP contribution in [0.4, 0.5) is 0 Å². The number of hydrogen-bond donors (Lipinski definition) is 1. The summed E-state index contributed by atoms with van der Waals surface area (Å²) in [6.45, 7) is 6.95. The van der Waals surface area contributed by atoms with Crippen LogP contribution in [0.5, 0.6) is 0 Å². The van der Waals surface area contributed by atoms with Gasteiger partial charge < -0.3 is 9.80 Å². The largest absolute Gasteiger partial charge is 0.336 e. The topological polar surface area (TPSA) is 69.3 Å². The number of benzene rings is 1. The van der Waals surface area contributed by atoms with E-state index < -0.39 is 0 Å². The molecular formula is C23H24N4O2S. The molecule has 5 rings (SSSR count). The van der Waals surface area contributed by atoms with E-state index in [9.17, 15) is 9.59 Å². The van der Waals surface area contributed by atoms with Crippen LogP contribution in [0, 0.1) is 5.41 Å². The van der Waals surface area contributed by atoms with Crippen LogP contribution in [0.1, 0.15) is 45.6 Å². The van der Waals surface area contributed by atoms with Crippen molar-refractivity contribution in [2.45, 2.75) is 19.8 Å². The molecule has 2 aliphatic rings. The molecule has 0 saturated carbocycles. The average molecular weight is 421 g/mol. The van der Waals surface area contributed by atoms with Gasteiger partial charge >= 0.3 is 0 Å². The molecule has 0 atom stereocenters. The lowest BCUT2D eigenvalue weighted by molar-refractivity contribution is -0.0822. The molecule has 2 aromatic heterocycles. The van der Waals surface area contributed by atoms with Gasteiger partial charge in [-0.05, 0) is 34.6 Å². The monoisotopic (exact) mass is 420 g/mol. The van der Waals surface area contributed by atoms with Crippen molar-refractivity contribution in [2.75, 3.05) is 26.2 Å². The van der Waals surface area contributed by atoms with E-state index in [0.29, 0.717) is 37.8 Å². The Morgan fingerprint density at radius 3 is 2.30 bits per heavy atom. The first-order chi connectivity index (χ1) is 14.4. The summed E-state index contributed by atoms with van der Waals surface area (Å²) < 4.78 is 0. The molecule has 2 amide bonds. The highest BCUT2D eigenvalue weighted by Gasteiger charge is 2.54. The summed E-state index contributed by atoms with van der Waals surface area (Å²) in [5, 5.41) is 9.14. The minimum Gasteiger partial charge on any atom is -0.336 e. The number of hydrogen-bond acceptors (Lipinski definition) is 4. The zero-order valence-corrected chi connectivity index (χ0v) is 17.9. The van der Waals surface area contributed by atoms with Crippen LogP contribution in [0.15, 0.2) is 47.8 Å². The molecule has 4 heterocycles. The van der Waals surface area contributed by atoms with Crippen LogP contribution < -0.4 is 0 Å². The molecule has 3 aromatic rings. The molecule has 6 nitrogen and oxygen atoms in total. The molecule has 30 heavy (non-hydrogen) atoms. The van der Waals surface area contributed by atoms with E-state index in [2.05, 4.69) is 36.2 Å². The van der Waals surface area contributed by atoms with Crippen molar-refractivity contribution in [1.29, 1.82) is 0 Å². The van der Waals surface area contributed by atoms with E-state index in [0.717, 1.165) is 21.7 Å². The van der Waals surface area contributed by atoms with Crippen molar-refractivity contribution < 1.29 is 9.59 Å². The second kappa shape index (κ2) is 7.09. The van der Waals surface area contributed by atoms with E-state index in [1.807, 2.05) is 45.5 Å². The Kier molecular flexibility index (Phi) is 4.50. The molecule has 0 aliphatic carbocycles. The smallest absolute Gasteiger partial charge is 0.274 e. The molecule has 2 aliphatic heterocycles. The Balaban J connectivity index is 1.17. The average Bonchev–Trinajstić information content (AvgIpc) is 3.36. The number of H-pyrrole nitrogens is 1. The van der Waals surface area contributed by atoms with Gasteiger partial charge in [-0.1, -0.05) is 44.2 Å². The second-order valence-electron chi connectivity index (χ2n) is 8.75. The Bertz CT molecular complexity index is 1090. The summed E-state index contributed by atoms with van der Waals surface area (Å²) in [6.07, 6.45) is 0. The normalized spacial score (nSPS) is 17.2. The van der Waals surface area contributed by atoms with Gasteiger partial charge in [0.15, 0.2) is 0 Å². The van der Waals surface area contributed by atoms with Gasteiger partial charge in [-0.25, -0.2) is 0 Å². The predicted octanol–water partition coefficient (Wildman–Crippen LogP) is 3.86. The van der Waals surface area contributed by atoms with Crippen molar-refractivity contribution in [2.24, 2.45) is 5.41 Å². The standard InChI is InChI=1S/C23H24N4O2S/c1-15(2)18-9-19(25-24-18)21(28)26-11-23(12-26)13-27(14-23)22(29)20-8-17(10-30-20)16-6-4-3-5-7-16/h3-10,15H,11-14H2,1-2H3,(H,24,25). The molecule has 1 aromatic carbocycles. The highest BCUT2D eigenvalue weighted by atomic mass is 32.1. The molecule has 2 saturated heterocycles. The third-order valence-corrected chi connectivity index (χ3v) is 6.95.